The van der Waals surface area contributed by atoms with Gasteiger partial charge in [0.15, 0.2) is 5.82 Å². The summed E-state index contributed by atoms with van der Waals surface area (Å²) in [5.41, 5.74) is 1.18. The van der Waals surface area contributed by atoms with Gasteiger partial charge in [-0.1, -0.05) is 0 Å². The van der Waals surface area contributed by atoms with E-state index in [-0.39, 0.29) is 0 Å². The van der Waals surface area contributed by atoms with Crippen LogP contribution >= 0.6 is 0 Å². The van der Waals surface area contributed by atoms with Crippen LogP contribution in [-0.4, -0.2) is 36.8 Å². The number of anilines is 2. The van der Waals surface area contributed by atoms with E-state index in [2.05, 4.69) is 28.2 Å². The third-order valence-electron chi connectivity index (χ3n) is 4.04. The number of hydrogen-bond acceptors (Lipinski definition) is 4. The molecule has 4 heteroatoms. The molecule has 2 saturated heterocycles. The largest absolute Gasteiger partial charge is 0.379 e. The minimum Gasteiger partial charge on any atom is -0.379 e. The molecule has 2 atom stereocenters. The number of pyridine rings is 1. The van der Waals surface area contributed by atoms with Crippen molar-refractivity contribution in [3.63, 3.8) is 0 Å². The Balaban J connectivity index is 1.72. The first-order chi connectivity index (χ1) is 9.33. The zero-order chi connectivity index (χ0) is 13.1. The van der Waals surface area contributed by atoms with Crippen LogP contribution in [-0.2, 0) is 4.74 Å². The monoisotopic (exact) mass is 261 g/mol. The van der Waals surface area contributed by atoms with Gasteiger partial charge >= 0.3 is 0 Å². The number of hydrogen-bond donors (Lipinski definition) is 1. The Morgan fingerprint density at radius 3 is 3.00 bits per heavy atom. The number of aromatic nitrogens is 1. The van der Waals surface area contributed by atoms with Crippen molar-refractivity contribution in [2.75, 3.05) is 29.9 Å². The fourth-order valence-electron chi connectivity index (χ4n) is 3.04. The number of rotatable bonds is 3. The molecule has 104 valence electrons. The average Bonchev–Trinajstić information content (AvgIpc) is 2.93. The molecule has 0 saturated carbocycles. The van der Waals surface area contributed by atoms with Crippen LogP contribution in [0, 0.1) is 0 Å². The number of nitrogens with zero attached hydrogens (tertiary/aromatic N) is 2. The standard InChI is InChI=1S/C15H23N3O/c1-12-11-13(6-10-19-12)17-14-5-4-7-16-15(14)18-8-2-3-9-18/h4-5,7,12-13,17H,2-3,6,8-11H2,1H3. The molecule has 4 nitrogen and oxygen atoms in total. The summed E-state index contributed by atoms with van der Waals surface area (Å²) in [6.07, 6.45) is 6.98. The molecular formula is C15H23N3O. The summed E-state index contributed by atoms with van der Waals surface area (Å²) in [4.78, 5) is 6.97. The van der Waals surface area contributed by atoms with E-state index >= 15 is 0 Å². The normalized spacial score (nSPS) is 27.5. The Morgan fingerprint density at radius 2 is 2.21 bits per heavy atom. The lowest BCUT2D eigenvalue weighted by molar-refractivity contribution is 0.0232. The molecule has 0 aromatic carbocycles. The highest BCUT2D eigenvalue weighted by molar-refractivity contribution is 5.66. The lowest BCUT2D eigenvalue weighted by atomic mass is 10.0. The quantitative estimate of drug-likeness (QED) is 0.907. The maximum Gasteiger partial charge on any atom is 0.151 e. The van der Waals surface area contributed by atoms with Gasteiger partial charge in [0, 0.05) is 31.9 Å². The topological polar surface area (TPSA) is 37.4 Å². The van der Waals surface area contributed by atoms with E-state index in [1.54, 1.807) is 0 Å². The third kappa shape index (κ3) is 3.00. The maximum absolute atomic E-state index is 5.61. The van der Waals surface area contributed by atoms with Crippen LogP contribution in [0.4, 0.5) is 11.5 Å². The van der Waals surface area contributed by atoms with Gasteiger partial charge in [-0.15, -0.1) is 0 Å². The summed E-state index contributed by atoms with van der Waals surface area (Å²) in [5, 5.41) is 3.67. The van der Waals surface area contributed by atoms with Gasteiger partial charge in [-0.3, -0.25) is 0 Å². The molecular weight excluding hydrogens is 238 g/mol. The second kappa shape index (κ2) is 5.78. The van der Waals surface area contributed by atoms with E-state index in [1.807, 2.05) is 12.3 Å². The lowest BCUT2D eigenvalue weighted by Gasteiger charge is -2.30. The van der Waals surface area contributed by atoms with E-state index < -0.39 is 0 Å². The highest BCUT2D eigenvalue weighted by atomic mass is 16.5. The molecule has 1 aromatic heterocycles. The van der Waals surface area contributed by atoms with Gasteiger partial charge in [0.25, 0.3) is 0 Å². The lowest BCUT2D eigenvalue weighted by Crippen LogP contribution is -2.33. The van der Waals surface area contributed by atoms with Crippen molar-refractivity contribution >= 4 is 11.5 Å². The molecule has 1 N–H and O–H groups in total. The Kier molecular flexibility index (Phi) is 3.87. The Hall–Kier alpha value is -1.29. The second-order valence-corrected chi connectivity index (χ2v) is 5.62. The van der Waals surface area contributed by atoms with Crippen molar-refractivity contribution in [2.24, 2.45) is 0 Å². The van der Waals surface area contributed by atoms with Gasteiger partial charge in [-0.2, -0.15) is 0 Å². The molecule has 2 aliphatic rings. The van der Waals surface area contributed by atoms with Gasteiger partial charge in [-0.05, 0) is 44.7 Å². The van der Waals surface area contributed by atoms with Crippen molar-refractivity contribution in [1.29, 1.82) is 0 Å². The first kappa shape index (κ1) is 12.7. The van der Waals surface area contributed by atoms with E-state index in [9.17, 15) is 0 Å². The summed E-state index contributed by atoms with van der Waals surface area (Å²) < 4.78 is 5.61. The van der Waals surface area contributed by atoms with Gasteiger partial charge < -0.3 is 15.0 Å². The average molecular weight is 261 g/mol. The third-order valence-corrected chi connectivity index (χ3v) is 4.04. The van der Waals surface area contributed by atoms with Crippen LogP contribution in [0.15, 0.2) is 18.3 Å². The fourth-order valence-corrected chi connectivity index (χ4v) is 3.04. The Labute approximate surface area is 115 Å². The number of ether oxygens (including phenoxy) is 1. The molecule has 0 amide bonds. The minimum absolute atomic E-state index is 0.359. The van der Waals surface area contributed by atoms with Crippen LogP contribution in [0.1, 0.15) is 32.6 Å². The molecule has 1 aromatic rings. The van der Waals surface area contributed by atoms with Crippen LogP contribution in [0.5, 0.6) is 0 Å². The molecule has 2 fully saturated rings. The van der Waals surface area contributed by atoms with E-state index in [4.69, 9.17) is 4.74 Å². The van der Waals surface area contributed by atoms with Crippen molar-refractivity contribution in [3.8, 4) is 0 Å². The molecule has 19 heavy (non-hydrogen) atoms. The Morgan fingerprint density at radius 1 is 1.37 bits per heavy atom. The van der Waals surface area contributed by atoms with Crippen molar-refractivity contribution in [3.05, 3.63) is 18.3 Å². The molecule has 0 bridgehead atoms. The molecule has 0 spiro atoms. The first-order valence-electron chi connectivity index (χ1n) is 7.41. The SMILES string of the molecule is CC1CC(Nc2cccnc2N2CCCC2)CCO1. The smallest absolute Gasteiger partial charge is 0.151 e. The molecule has 0 radical (unpaired) electrons. The van der Waals surface area contributed by atoms with Gasteiger partial charge in [0.1, 0.15) is 0 Å². The zero-order valence-corrected chi connectivity index (χ0v) is 11.6. The maximum atomic E-state index is 5.61. The van der Waals surface area contributed by atoms with Gasteiger partial charge in [0.2, 0.25) is 0 Å². The summed E-state index contributed by atoms with van der Waals surface area (Å²) in [5.74, 6) is 1.12. The molecule has 3 heterocycles. The molecule has 2 aliphatic heterocycles. The second-order valence-electron chi connectivity index (χ2n) is 5.62. The van der Waals surface area contributed by atoms with Crippen LogP contribution in [0.25, 0.3) is 0 Å². The number of nitrogens with one attached hydrogen (secondary N) is 1. The van der Waals surface area contributed by atoms with E-state index in [1.165, 1.54) is 18.5 Å². The Bertz CT molecular complexity index is 418. The van der Waals surface area contributed by atoms with E-state index in [0.29, 0.717) is 12.1 Å². The first-order valence-corrected chi connectivity index (χ1v) is 7.41. The van der Waals surface area contributed by atoms with Crippen LogP contribution in [0.3, 0.4) is 0 Å². The van der Waals surface area contributed by atoms with Crippen LogP contribution < -0.4 is 10.2 Å². The molecule has 0 aliphatic carbocycles. The minimum atomic E-state index is 0.359. The highest BCUT2D eigenvalue weighted by Gasteiger charge is 2.22. The molecule has 3 rings (SSSR count). The summed E-state index contributed by atoms with van der Waals surface area (Å²) in [7, 11) is 0. The molecule has 2 unspecified atom stereocenters. The van der Waals surface area contributed by atoms with Gasteiger partial charge in [-0.25, -0.2) is 4.98 Å². The zero-order valence-electron chi connectivity index (χ0n) is 11.6. The van der Waals surface area contributed by atoms with Crippen LogP contribution in [0.2, 0.25) is 0 Å². The predicted octanol–water partition coefficient (Wildman–Crippen LogP) is 2.66. The summed E-state index contributed by atoms with van der Waals surface area (Å²) in [6, 6.07) is 4.68. The fraction of sp³-hybridized carbons (Fsp3) is 0.667. The predicted molar refractivity (Wildman–Crippen MR) is 77.7 cm³/mol. The van der Waals surface area contributed by atoms with Crippen molar-refractivity contribution in [2.45, 2.75) is 44.8 Å². The van der Waals surface area contributed by atoms with Crippen molar-refractivity contribution < 1.29 is 4.74 Å². The van der Waals surface area contributed by atoms with E-state index in [0.717, 1.165) is 38.4 Å². The highest BCUT2D eigenvalue weighted by Crippen LogP contribution is 2.28. The van der Waals surface area contributed by atoms with Crippen molar-refractivity contribution in [1.82, 2.24) is 4.98 Å². The summed E-state index contributed by atoms with van der Waals surface area (Å²) >= 11 is 0. The van der Waals surface area contributed by atoms with Gasteiger partial charge in [0.05, 0.1) is 11.8 Å². The summed E-state index contributed by atoms with van der Waals surface area (Å²) in [6.45, 7) is 5.28.